The van der Waals surface area contributed by atoms with Crippen LogP contribution in [0, 0.1) is 0 Å². The zero-order valence-corrected chi connectivity index (χ0v) is 3.90. The molecular formula is C4H7BO. The first kappa shape index (κ1) is 3.91. The Bertz CT molecular complexity index is 75.6. The van der Waals surface area contributed by atoms with E-state index in [9.17, 15) is 4.79 Å². The average Bonchev–Trinajstić information content (AvgIpc) is 2.06. The molecule has 0 bridgehead atoms. The zero-order chi connectivity index (χ0) is 4.57. The zero-order valence-electron chi connectivity index (χ0n) is 3.90. The van der Waals surface area contributed by atoms with Gasteiger partial charge in [-0.2, -0.15) is 0 Å². The molecule has 1 rings (SSSR count). The Morgan fingerprint density at radius 3 is 2.50 bits per heavy atom. The number of carbonyl (C=O) groups excluding carboxylic acids is 1. The third-order valence-electron chi connectivity index (χ3n) is 1.15. The quantitative estimate of drug-likeness (QED) is 0.414. The highest BCUT2D eigenvalue weighted by molar-refractivity contribution is 6.57. The maximum Gasteiger partial charge on any atom is 0.132 e. The first-order valence-electron chi connectivity index (χ1n) is 2.31. The van der Waals surface area contributed by atoms with E-state index in [0.29, 0.717) is 11.6 Å². The summed E-state index contributed by atoms with van der Waals surface area (Å²) in [5.41, 5.74) is 0. The molecule has 1 nitrogen and oxygen atoms in total. The van der Waals surface area contributed by atoms with Crippen molar-refractivity contribution < 1.29 is 4.79 Å². The number of hydrogen-bond acceptors (Lipinski definition) is 1. The Morgan fingerprint density at radius 2 is 2.50 bits per heavy atom. The van der Waals surface area contributed by atoms with Gasteiger partial charge in [0.1, 0.15) is 13.1 Å². The van der Waals surface area contributed by atoms with Gasteiger partial charge in [0.15, 0.2) is 0 Å². The number of Topliss-reactive ketones (excluding diaryl/α,β-unsaturated/α-hetero) is 1. The van der Waals surface area contributed by atoms with Gasteiger partial charge in [-0.05, 0) is 12.7 Å². The van der Waals surface area contributed by atoms with Gasteiger partial charge in [-0.1, -0.05) is 6.32 Å². The summed E-state index contributed by atoms with van der Waals surface area (Å²) >= 11 is 0. The molecule has 2 heteroatoms. The van der Waals surface area contributed by atoms with Crippen molar-refractivity contribution in [2.45, 2.75) is 19.1 Å². The van der Waals surface area contributed by atoms with Crippen molar-refractivity contribution in [3.05, 3.63) is 0 Å². The minimum Gasteiger partial charge on any atom is -0.301 e. The van der Waals surface area contributed by atoms with Crippen LogP contribution in [0.4, 0.5) is 0 Å². The Labute approximate surface area is 38.0 Å². The number of hydrogen-bond donors (Lipinski definition) is 0. The topological polar surface area (TPSA) is 17.1 Å². The fourth-order valence-electron chi connectivity index (χ4n) is 0.490. The van der Waals surface area contributed by atoms with Crippen molar-refractivity contribution in [3.63, 3.8) is 0 Å². The summed E-state index contributed by atoms with van der Waals surface area (Å²) in [6.45, 7) is 1.66. The summed E-state index contributed by atoms with van der Waals surface area (Å²) in [5, 5.41) is 0. The van der Waals surface area contributed by atoms with E-state index in [-0.39, 0.29) is 0 Å². The molecule has 1 heterocycles. The van der Waals surface area contributed by atoms with E-state index in [1.807, 2.05) is 0 Å². The lowest BCUT2D eigenvalue weighted by Gasteiger charge is -1.76. The van der Waals surface area contributed by atoms with E-state index >= 15 is 0 Å². The van der Waals surface area contributed by atoms with Crippen LogP contribution in [0.15, 0.2) is 0 Å². The average molecular weight is 81.9 g/mol. The van der Waals surface area contributed by atoms with Gasteiger partial charge in [0.2, 0.25) is 0 Å². The molecule has 32 valence electrons. The van der Waals surface area contributed by atoms with Crippen molar-refractivity contribution in [1.29, 1.82) is 0 Å². The number of rotatable bonds is 1. The van der Waals surface area contributed by atoms with Crippen molar-refractivity contribution in [2.24, 2.45) is 0 Å². The van der Waals surface area contributed by atoms with Crippen molar-refractivity contribution in [3.8, 4) is 0 Å². The molecule has 0 unspecified atom stereocenters. The molecule has 1 aliphatic heterocycles. The summed E-state index contributed by atoms with van der Waals surface area (Å²) in [6.07, 6.45) is 1.15. The normalized spacial score (nSPS) is 28.5. The Morgan fingerprint density at radius 1 is 2.00 bits per heavy atom. The molecule has 1 aliphatic rings. The summed E-state index contributed by atoms with van der Waals surface area (Å²) in [7, 11) is 1.15. The third-order valence-corrected chi connectivity index (χ3v) is 1.15. The van der Waals surface area contributed by atoms with Crippen LogP contribution in [-0.2, 0) is 4.79 Å². The van der Waals surface area contributed by atoms with Crippen LogP contribution < -0.4 is 0 Å². The second-order valence-corrected chi connectivity index (χ2v) is 1.88. The maximum absolute atomic E-state index is 10.2. The monoisotopic (exact) mass is 82.1 g/mol. The van der Waals surface area contributed by atoms with E-state index in [1.165, 1.54) is 0 Å². The van der Waals surface area contributed by atoms with E-state index in [2.05, 4.69) is 0 Å². The summed E-state index contributed by atoms with van der Waals surface area (Å²) < 4.78 is 0. The van der Waals surface area contributed by atoms with Gasteiger partial charge in [-0.25, -0.2) is 0 Å². The van der Waals surface area contributed by atoms with Crippen molar-refractivity contribution in [1.82, 2.24) is 0 Å². The van der Waals surface area contributed by atoms with Crippen LogP contribution in [0.25, 0.3) is 0 Å². The molecule has 1 fully saturated rings. The molecule has 1 saturated heterocycles. The van der Waals surface area contributed by atoms with Gasteiger partial charge in [0, 0.05) is 0 Å². The molecular weight excluding hydrogens is 74.9 g/mol. The lowest BCUT2D eigenvalue weighted by atomic mass is 10.0. The van der Waals surface area contributed by atoms with Crippen LogP contribution in [-0.4, -0.2) is 13.1 Å². The van der Waals surface area contributed by atoms with Gasteiger partial charge in [-0.3, -0.25) is 0 Å². The third kappa shape index (κ3) is 0.616. The second-order valence-electron chi connectivity index (χ2n) is 1.88. The first-order chi connectivity index (χ1) is 2.80. The van der Waals surface area contributed by atoms with Crippen LogP contribution in [0.1, 0.15) is 6.92 Å². The molecule has 0 aliphatic carbocycles. The molecule has 0 aromatic rings. The van der Waals surface area contributed by atoms with Gasteiger partial charge in [0.25, 0.3) is 0 Å². The Balaban J connectivity index is 2.31. The Kier molecular flexibility index (Phi) is 0.719. The SMILES string of the molecule is CC(=O)[C@@H]1BC1. The van der Waals surface area contributed by atoms with E-state index in [0.717, 1.165) is 13.6 Å². The lowest BCUT2D eigenvalue weighted by Crippen LogP contribution is -1.84. The van der Waals surface area contributed by atoms with Crippen molar-refractivity contribution in [2.75, 3.05) is 0 Å². The first-order valence-corrected chi connectivity index (χ1v) is 2.31. The number of ketones is 1. The van der Waals surface area contributed by atoms with Crippen LogP contribution >= 0.6 is 0 Å². The molecule has 1 atom stereocenters. The van der Waals surface area contributed by atoms with Crippen LogP contribution in [0.2, 0.25) is 12.1 Å². The predicted octanol–water partition coefficient (Wildman–Crippen LogP) is 0.232. The highest BCUT2D eigenvalue weighted by Gasteiger charge is 2.27. The smallest absolute Gasteiger partial charge is 0.132 e. The highest BCUT2D eigenvalue weighted by atomic mass is 16.1. The van der Waals surface area contributed by atoms with Gasteiger partial charge in [0.05, 0.1) is 0 Å². The fourth-order valence-corrected chi connectivity index (χ4v) is 0.490. The van der Waals surface area contributed by atoms with Gasteiger partial charge < -0.3 is 4.79 Å². The molecule has 0 radical (unpaired) electrons. The van der Waals surface area contributed by atoms with E-state index in [1.54, 1.807) is 6.92 Å². The minimum absolute atomic E-state index is 0.370. The fraction of sp³-hybridized carbons (Fsp3) is 0.750. The Hall–Kier alpha value is -0.265. The summed E-state index contributed by atoms with van der Waals surface area (Å²) in [6, 6.07) is 0. The van der Waals surface area contributed by atoms with Gasteiger partial charge in [-0.15, -0.1) is 0 Å². The van der Waals surface area contributed by atoms with Crippen LogP contribution in [0.3, 0.4) is 0 Å². The second kappa shape index (κ2) is 1.10. The van der Waals surface area contributed by atoms with E-state index in [4.69, 9.17) is 0 Å². The molecule has 6 heavy (non-hydrogen) atoms. The predicted molar refractivity (Wildman–Crippen MR) is 26.4 cm³/mol. The minimum atomic E-state index is 0.370. The number of carbonyl (C=O) groups is 1. The van der Waals surface area contributed by atoms with E-state index < -0.39 is 0 Å². The molecule has 0 spiro atoms. The maximum atomic E-state index is 10.2. The van der Waals surface area contributed by atoms with Crippen molar-refractivity contribution >= 4 is 13.1 Å². The van der Waals surface area contributed by atoms with Gasteiger partial charge >= 0.3 is 0 Å². The lowest BCUT2D eigenvalue weighted by molar-refractivity contribution is -0.116. The molecule has 0 N–H and O–H groups in total. The summed E-state index contributed by atoms with van der Waals surface area (Å²) in [5.74, 6) is 0.833. The molecule has 0 amide bonds. The largest absolute Gasteiger partial charge is 0.301 e. The van der Waals surface area contributed by atoms with Crippen LogP contribution in [0.5, 0.6) is 0 Å². The molecule has 0 aromatic heterocycles. The summed E-state index contributed by atoms with van der Waals surface area (Å²) in [4.78, 5) is 10.2. The standard InChI is InChI=1S/C4H7BO/c1-3(6)4-2-5-4/h4-5H,2H2,1H3/t4-/m1/s1. The molecule has 0 saturated carbocycles. The highest BCUT2D eigenvalue weighted by Crippen LogP contribution is 2.27. The molecule has 0 aromatic carbocycles.